The second-order valence-corrected chi connectivity index (χ2v) is 46.1. The minimum atomic E-state index is -0.131. The molecule has 4 nitrogen and oxygen atoms in total. The lowest BCUT2D eigenvalue weighted by Crippen LogP contribution is -2.43. The summed E-state index contributed by atoms with van der Waals surface area (Å²) in [5, 5.41) is 13.3. The van der Waals surface area contributed by atoms with E-state index in [1.807, 2.05) is 57.5 Å². The Morgan fingerprint density at radius 2 is 0.453 bits per heavy atom. The largest absolute Gasteiger partial charge is 0.456 e. The van der Waals surface area contributed by atoms with Crippen LogP contribution in [0.15, 0.2) is 387 Å². The molecule has 23 aromatic rings. The Bertz CT molecular complexity index is 8900. The molecule has 0 fully saturated rings. The minimum Gasteiger partial charge on any atom is -0.456 e. The smallest absolute Gasteiger partial charge is 0.137 e. The number of anilines is 9. The molecule has 0 saturated carbocycles. The van der Waals surface area contributed by atoms with E-state index in [4.69, 9.17) is 4.42 Å². The number of benzene rings is 18. The third-order valence-electron chi connectivity index (χ3n) is 33.0. The summed E-state index contributed by atoms with van der Waals surface area (Å²) in [5.41, 5.74) is 33.7. The zero-order valence-corrected chi connectivity index (χ0v) is 83.0. The summed E-state index contributed by atoms with van der Waals surface area (Å²) in [4.78, 5) is 7.25. The molecule has 0 aliphatic heterocycles. The lowest BCUT2D eigenvalue weighted by molar-refractivity contribution is 0.301. The predicted molar refractivity (Wildman–Crippen MR) is 594 cm³/mol. The van der Waals surface area contributed by atoms with E-state index in [0.717, 1.165) is 44.7 Å². The highest BCUT2D eigenvalue weighted by atomic mass is 32.1. The minimum absolute atomic E-state index is 0.0625. The molecule has 18 aromatic carbocycles. The van der Waals surface area contributed by atoms with Crippen molar-refractivity contribution in [1.82, 2.24) is 0 Å². The fraction of sp³-hybridized carbons (Fsp3) is 0.163. The summed E-state index contributed by atoms with van der Waals surface area (Å²) in [5.74, 6) is 0. The van der Waals surface area contributed by atoms with Crippen LogP contribution >= 0.6 is 45.3 Å². The average molecular weight is 1840 g/mol. The molecular weight excluding hydrogens is 1740 g/mol. The van der Waals surface area contributed by atoms with Crippen LogP contribution in [0.4, 0.5) is 51.2 Å². The van der Waals surface area contributed by atoms with Crippen LogP contribution in [0.1, 0.15) is 141 Å². The first-order chi connectivity index (χ1) is 66.2. The van der Waals surface area contributed by atoms with Gasteiger partial charge in [-0.3, -0.25) is 0 Å². The van der Waals surface area contributed by atoms with Crippen molar-refractivity contribution in [2.24, 2.45) is 0 Å². The van der Waals surface area contributed by atoms with Gasteiger partial charge in [0, 0.05) is 170 Å². The monoisotopic (exact) mass is 1840 g/mol. The molecule has 27 rings (SSSR count). The topological polar surface area (TPSA) is 22.9 Å². The van der Waals surface area contributed by atoms with Crippen LogP contribution in [-0.2, 0) is 37.9 Å². The highest BCUT2D eigenvalue weighted by Gasteiger charge is 2.51. The molecule has 0 bridgehead atoms. The lowest BCUT2D eigenvalue weighted by atomic mass is 9.55. The van der Waals surface area contributed by atoms with Gasteiger partial charge in [0.1, 0.15) is 11.2 Å². The molecule has 0 saturated heterocycles. The molecule has 8 heteroatoms. The van der Waals surface area contributed by atoms with E-state index in [-0.39, 0.29) is 37.9 Å². The van der Waals surface area contributed by atoms with Crippen LogP contribution in [0.2, 0.25) is 0 Å². The Morgan fingerprint density at radius 1 is 0.175 bits per heavy atom. The number of thiophene rings is 4. The Balaban J connectivity index is 0.000000109. The Hall–Kier alpha value is -14.0. The van der Waals surface area contributed by atoms with Crippen LogP contribution in [0.3, 0.4) is 0 Å². The average Bonchev–Trinajstić information content (AvgIpc) is 1.66. The highest BCUT2D eigenvalue weighted by Crippen LogP contribution is 2.64. The summed E-state index contributed by atoms with van der Waals surface area (Å²) in [6, 6.07) is 141. The zero-order valence-electron chi connectivity index (χ0n) is 79.8. The molecule has 0 radical (unpaired) electrons. The summed E-state index contributed by atoms with van der Waals surface area (Å²) in [7, 11) is 0. The van der Waals surface area contributed by atoms with Crippen molar-refractivity contribution in [3.05, 3.63) is 427 Å². The summed E-state index contributed by atoms with van der Waals surface area (Å²) in [6.45, 7) is 34.1. The Kier molecular flexibility index (Phi) is 19.2. The van der Waals surface area contributed by atoms with Crippen molar-refractivity contribution < 1.29 is 4.42 Å². The van der Waals surface area contributed by atoms with Crippen molar-refractivity contribution in [2.75, 3.05) is 14.7 Å². The lowest BCUT2D eigenvalue weighted by Gasteiger charge is -2.49. The van der Waals surface area contributed by atoms with Gasteiger partial charge in [-0.1, -0.05) is 309 Å². The Labute approximate surface area is 817 Å². The van der Waals surface area contributed by atoms with Gasteiger partial charge < -0.3 is 19.1 Å². The first-order valence-electron chi connectivity index (χ1n) is 48.2. The first kappa shape index (κ1) is 84.8. The number of nitrogens with zero attached hydrogens (tertiary/aromatic N) is 3. The van der Waals surface area contributed by atoms with E-state index in [9.17, 15) is 0 Å². The van der Waals surface area contributed by atoms with Crippen molar-refractivity contribution in [1.29, 1.82) is 0 Å². The molecule has 5 aromatic heterocycles. The number of fused-ring (bicyclic) bond motifs is 30. The van der Waals surface area contributed by atoms with E-state index in [0.29, 0.717) is 0 Å². The second-order valence-electron chi connectivity index (χ2n) is 41.8. The Morgan fingerprint density at radius 3 is 0.876 bits per heavy atom. The van der Waals surface area contributed by atoms with Gasteiger partial charge in [0.2, 0.25) is 0 Å². The van der Waals surface area contributed by atoms with Crippen LogP contribution in [-0.4, -0.2) is 0 Å². The van der Waals surface area contributed by atoms with Gasteiger partial charge in [-0.05, 0) is 269 Å². The van der Waals surface area contributed by atoms with E-state index in [1.165, 1.54) is 198 Å². The predicted octanol–water partition coefficient (Wildman–Crippen LogP) is 38.9. The molecule has 137 heavy (non-hydrogen) atoms. The molecule has 666 valence electrons. The maximum Gasteiger partial charge on any atom is 0.137 e. The number of rotatable bonds is 9. The number of hydrogen-bond acceptors (Lipinski definition) is 8. The van der Waals surface area contributed by atoms with Gasteiger partial charge in [0.25, 0.3) is 0 Å². The summed E-state index contributed by atoms with van der Waals surface area (Å²) >= 11 is 7.61. The van der Waals surface area contributed by atoms with Gasteiger partial charge >= 0.3 is 0 Å². The van der Waals surface area contributed by atoms with E-state index in [1.54, 1.807) is 0 Å². The van der Waals surface area contributed by atoms with E-state index >= 15 is 0 Å². The quantitative estimate of drug-likeness (QED) is 0.144. The fourth-order valence-corrected chi connectivity index (χ4v) is 28.3. The standard InChI is InChI=1S/C45H39NS.C42H33NOS.C42H33NS2/c1-43(2)36-18-12-10-16-31(36)32-22-20-29(26-37(32)43)46(28-14-8-7-9-15-28)30-21-23-33-34-24-25-40-41(35-17-11-13-19-39(35)47-40)42(34)45(5,6)44(3,4)38(33)27-30;1-41(2)34-24-27(18-20-29(34)32-22-23-38-39(40(32)42(41,3)4)33-15-9-11-17-37(33)45-38)43(26-12-6-5-7-13-26)28-19-21-31-30-14-8-10-16-35(30)44-36(31)25-28;1-41(2)34-25-28(18-20-29(34)31-21-23-38-39(40(31)42(41,3)4)32-15-9-11-17-36(32)45-38)43(26-12-6-5-7-13-26)27-19-22-37-33(24-27)30-14-8-10-16-35(30)44-37/h7-27H,1-6H3;2*5-25H,1-4H3. The van der Waals surface area contributed by atoms with Crippen LogP contribution in [0.25, 0.3) is 147 Å². The molecule has 4 aliphatic carbocycles. The second kappa shape index (κ2) is 31.0. The van der Waals surface area contributed by atoms with Crippen LogP contribution in [0, 0.1) is 0 Å². The third-order valence-corrected chi connectivity index (χ3v) is 37.5. The van der Waals surface area contributed by atoms with Gasteiger partial charge in [-0.15, -0.1) is 45.3 Å². The van der Waals surface area contributed by atoms with Crippen molar-refractivity contribution >= 4 is 199 Å². The normalized spacial score (nSPS) is 15.5. The van der Waals surface area contributed by atoms with Gasteiger partial charge in [-0.25, -0.2) is 0 Å². The van der Waals surface area contributed by atoms with Gasteiger partial charge in [0.15, 0.2) is 0 Å². The van der Waals surface area contributed by atoms with E-state index < -0.39 is 0 Å². The number of hydrogen-bond donors (Lipinski definition) is 0. The molecule has 0 atom stereocenters. The number of para-hydroxylation sites is 4. The van der Waals surface area contributed by atoms with Crippen molar-refractivity contribution in [3.8, 4) is 44.5 Å². The third kappa shape index (κ3) is 12.7. The summed E-state index contributed by atoms with van der Waals surface area (Å²) in [6.07, 6.45) is 0. The van der Waals surface area contributed by atoms with Crippen LogP contribution < -0.4 is 14.7 Å². The molecule has 0 unspecified atom stereocenters. The molecule has 0 amide bonds. The van der Waals surface area contributed by atoms with Crippen molar-refractivity contribution in [2.45, 2.75) is 135 Å². The van der Waals surface area contributed by atoms with E-state index in [2.05, 4.69) is 482 Å². The molecular formula is C129H105N3OS4. The number of furan rings is 1. The summed E-state index contributed by atoms with van der Waals surface area (Å²) < 4.78 is 17.2. The SMILES string of the molecule is CC1(C)c2cc(N(c3ccccc3)c3ccc4c(c3)oc3ccccc34)ccc2-c2ccc3sc4ccccc4c3c2C1(C)C.CC1(C)c2cc(N(c3ccccc3)c3ccc4sc5ccccc5c4c3)ccc2-c2ccc3sc4ccccc4c3c2C1(C)C.CC1(C)c2ccccc2-c2ccc(N(c3ccccc3)c3ccc4c(c3)C(C)(C)C(C)(C)c3c-4ccc4sc5ccccc5c34)cc21. The fourth-order valence-electron chi connectivity index (χ4n) is 23.9. The highest BCUT2D eigenvalue weighted by molar-refractivity contribution is 7.27. The molecule has 4 aliphatic rings. The van der Waals surface area contributed by atoms with Gasteiger partial charge in [-0.2, -0.15) is 0 Å². The molecule has 5 heterocycles. The maximum absolute atomic E-state index is 6.34. The maximum atomic E-state index is 6.34. The van der Waals surface area contributed by atoms with Crippen molar-refractivity contribution in [3.63, 3.8) is 0 Å². The zero-order chi connectivity index (χ0) is 93.3. The van der Waals surface area contributed by atoms with Crippen LogP contribution in [0.5, 0.6) is 0 Å². The first-order valence-corrected chi connectivity index (χ1v) is 51.4. The molecule has 0 spiro atoms. The molecule has 0 N–H and O–H groups in total. The van der Waals surface area contributed by atoms with Gasteiger partial charge in [0.05, 0.1) is 0 Å².